The van der Waals surface area contributed by atoms with Gasteiger partial charge in [0, 0.05) is 0 Å². The molecule has 0 spiro atoms. The van der Waals surface area contributed by atoms with Crippen molar-refractivity contribution in [1.82, 2.24) is 0 Å². The molecule has 0 unspecified atom stereocenters. The number of ether oxygens (including phenoxy) is 2. The first-order valence-electron chi connectivity index (χ1n) is 9.04. The van der Waals surface area contributed by atoms with Crippen molar-refractivity contribution in [2.75, 3.05) is 7.11 Å². The van der Waals surface area contributed by atoms with Crippen LogP contribution >= 0.6 is 0 Å². The molecule has 0 bridgehead atoms. The molecule has 3 nitrogen and oxygen atoms in total. The van der Waals surface area contributed by atoms with Gasteiger partial charge < -0.3 is 9.47 Å². The third-order valence-corrected chi connectivity index (χ3v) is 4.12. The van der Waals surface area contributed by atoms with Gasteiger partial charge in [0.2, 0.25) is 0 Å². The van der Waals surface area contributed by atoms with E-state index in [-0.39, 0.29) is 5.78 Å². The lowest BCUT2D eigenvalue weighted by Gasteiger charge is -2.06. The summed E-state index contributed by atoms with van der Waals surface area (Å²) in [6.45, 7) is 0.532. The Balaban J connectivity index is 1.51. The van der Waals surface area contributed by atoms with Crippen molar-refractivity contribution in [2.24, 2.45) is 0 Å². The minimum atomic E-state index is -0.0692. The zero-order valence-corrected chi connectivity index (χ0v) is 15.7. The molecule has 0 heterocycles. The SMILES string of the molecule is COc1ccc(C=CC(=O)C=Cc2ccc(OCc3ccccc3)cc2)cc1. The summed E-state index contributed by atoms with van der Waals surface area (Å²) in [5.74, 6) is 1.52. The zero-order valence-electron chi connectivity index (χ0n) is 15.7. The molecule has 3 heteroatoms. The maximum Gasteiger partial charge on any atom is 0.178 e. The zero-order chi connectivity index (χ0) is 19.6. The summed E-state index contributed by atoms with van der Waals surface area (Å²) >= 11 is 0. The first-order valence-corrected chi connectivity index (χ1v) is 9.04. The summed E-state index contributed by atoms with van der Waals surface area (Å²) in [4.78, 5) is 12.0. The molecule has 0 N–H and O–H groups in total. The van der Waals surface area contributed by atoms with Crippen molar-refractivity contribution in [1.29, 1.82) is 0 Å². The van der Waals surface area contributed by atoms with E-state index in [1.165, 1.54) is 0 Å². The third-order valence-electron chi connectivity index (χ3n) is 4.12. The van der Waals surface area contributed by atoms with Gasteiger partial charge in [0.1, 0.15) is 18.1 Å². The van der Waals surface area contributed by atoms with Crippen LogP contribution < -0.4 is 9.47 Å². The van der Waals surface area contributed by atoms with Crippen LogP contribution in [0.15, 0.2) is 91.0 Å². The normalized spacial score (nSPS) is 11.0. The molecule has 0 aliphatic carbocycles. The molecule has 0 radical (unpaired) electrons. The van der Waals surface area contributed by atoms with Crippen LogP contribution in [0.4, 0.5) is 0 Å². The van der Waals surface area contributed by atoms with Crippen LogP contribution in [0.25, 0.3) is 12.2 Å². The first kappa shape index (κ1) is 19.2. The monoisotopic (exact) mass is 370 g/mol. The van der Waals surface area contributed by atoms with E-state index in [2.05, 4.69) is 0 Å². The van der Waals surface area contributed by atoms with Gasteiger partial charge in [0.05, 0.1) is 7.11 Å². The largest absolute Gasteiger partial charge is 0.497 e. The molecule has 3 aromatic rings. The van der Waals surface area contributed by atoms with Crippen LogP contribution in [0.3, 0.4) is 0 Å². The lowest BCUT2D eigenvalue weighted by atomic mass is 10.1. The van der Waals surface area contributed by atoms with E-state index >= 15 is 0 Å². The molecule has 0 aromatic heterocycles. The molecular weight excluding hydrogens is 348 g/mol. The third kappa shape index (κ3) is 5.99. The maximum absolute atomic E-state index is 12.0. The van der Waals surface area contributed by atoms with Crippen LogP contribution in [-0.4, -0.2) is 12.9 Å². The van der Waals surface area contributed by atoms with E-state index in [1.54, 1.807) is 31.4 Å². The van der Waals surface area contributed by atoms with Crippen LogP contribution in [0.5, 0.6) is 11.5 Å². The van der Waals surface area contributed by atoms with E-state index in [9.17, 15) is 4.79 Å². The second-order valence-corrected chi connectivity index (χ2v) is 6.19. The highest BCUT2D eigenvalue weighted by Gasteiger charge is 1.97. The summed E-state index contributed by atoms with van der Waals surface area (Å²) in [7, 11) is 1.63. The Kier molecular flexibility index (Phi) is 6.80. The lowest BCUT2D eigenvalue weighted by Crippen LogP contribution is -1.94. The fourth-order valence-corrected chi connectivity index (χ4v) is 2.54. The van der Waals surface area contributed by atoms with Crippen molar-refractivity contribution in [3.63, 3.8) is 0 Å². The number of rotatable bonds is 8. The van der Waals surface area contributed by atoms with Gasteiger partial charge in [0.15, 0.2) is 5.78 Å². The first-order chi connectivity index (χ1) is 13.7. The van der Waals surface area contributed by atoms with Gasteiger partial charge in [-0.3, -0.25) is 4.79 Å². The molecule has 140 valence electrons. The average molecular weight is 370 g/mol. The van der Waals surface area contributed by atoms with Gasteiger partial charge >= 0.3 is 0 Å². The summed E-state index contributed by atoms with van der Waals surface area (Å²) in [5.41, 5.74) is 3.02. The fourth-order valence-electron chi connectivity index (χ4n) is 2.54. The molecule has 0 amide bonds. The minimum absolute atomic E-state index is 0.0692. The van der Waals surface area contributed by atoms with Crippen LogP contribution in [0.2, 0.25) is 0 Å². The highest BCUT2D eigenvalue weighted by Crippen LogP contribution is 2.15. The Morgan fingerprint density at radius 2 is 1.29 bits per heavy atom. The summed E-state index contributed by atoms with van der Waals surface area (Å²) < 4.78 is 10.9. The Hall–Kier alpha value is -3.59. The molecule has 28 heavy (non-hydrogen) atoms. The average Bonchev–Trinajstić information content (AvgIpc) is 2.76. The predicted octanol–water partition coefficient (Wildman–Crippen LogP) is 5.57. The molecule has 0 saturated carbocycles. The quantitative estimate of drug-likeness (QED) is 0.486. The van der Waals surface area contributed by atoms with Gasteiger partial charge in [-0.1, -0.05) is 66.7 Å². The molecule has 3 rings (SSSR count). The van der Waals surface area contributed by atoms with Crippen LogP contribution in [0.1, 0.15) is 16.7 Å². The highest BCUT2D eigenvalue weighted by molar-refractivity contribution is 6.04. The molecule has 0 atom stereocenters. The predicted molar refractivity (Wildman–Crippen MR) is 113 cm³/mol. The van der Waals surface area contributed by atoms with E-state index in [0.717, 1.165) is 28.2 Å². The molecular formula is C25H22O3. The van der Waals surface area contributed by atoms with Crippen molar-refractivity contribution < 1.29 is 14.3 Å². The molecule has 0 saturated heterocycles. The molecule has 0 aliphatic rings. The number of methoxy groups -OCH3 is 1. The van der Waals surface area contributed by atoms with E-state index in [1.807, 2.05) is 78.9 Å². The van der Waals surface area contributed by atoms with E-state index in [4.69, 9.17) is 9.47 Å². The fraction of sp³-hybridized carbons (Fsp3) is 0.0800. The summed E-state index contributed by atoms with van der Waals surface area (Å²) in [6, 6.07) is 25.2. The maximum atomic E-state index is 12.0. The number of carbonyl (C=O) groups excluding carboxylic acids is 1. The molecule has 0 aliphatic heterocycles. The van der Waals surface area contributed by atoms with Gasteiger partial charge in [-0.15, -0.1) is 0 Å². The number of hydrogen-bond donors (Lipinski definition) is 0. The Morgan fingerprint density at radius 1 is 0.750 bits per heavy atom. The highest BCUT2D eigenvalue weighted by atomic mass is 16.5. The van der Waals surface area contributed by atoms with Gasteiger partial charge in [-0.2, -0.15) is 0 Å². The van der Waals surface area contributed by atoms with Gasteiger partial charge in [-0.25, -0.2) is 0 Å². The topological polar surface area (TPSA) is 35.5 Å². The van der Waals surface area contributed by atoms with E-state index in [0.29, 0.717) is 6.61 Å². The number of carbonyl (C=O) groups is 1. The number of ketones is 1. The van der Waals surface area contributed by atoms with Crippen LogP contribution in [0, 0.1) is 0 Å². The van der Waals surface area contributed by atoms with Crippen molar-refractivity contribution in [2.45, 2.75) is 6.61 Å². The smallest absolute Gasteiger partial charge is 0.178 e. The summed E-state index contributed by atoms with van der Waals surface area (Å²) in [6.07, 6.45) is 6.68. The molecule has 3 aromatic carbocycles. The lowest BCUT2D eigenvalue weighted by molar-refractivity contribution is -0.110. The molecule has 0 fully saturated rings. The standard InChI is InChI=1S/C25H22O3/c1-27-24-15-9-20(10-16-24)7-13-23(26)14-8-21-11-17-25(18-12-21)28-19-22-5-3-2-4-6-22/h2-18H,19H2,1H3. The second-order valence-electron chi connectivity index (χ2n) is 6.19. The Morgan fingerprint density at radius 3 is 1.82 bits per heavy atom. The van der Waals surface area contributed by atoms with Crippen molar-refractivity contribution in [3.8, 4) is 11.5 Å². The summed E-state index contributed by atoms with van der Waals surface area (Å²) in [5, 5.41) is 0. The second kappa shape index (κ2) is 9.93. The minimum Gasteiger partial charge on any atom is -0.497 e. The number of benzene rings is 3. The van der Waals surface area contributed by atoms with Crippen LogP contribution in [-0.2, 0) is 11.4 Å². The number of hydrogen-bond acceptors (Lipinski definition) is 3. The van der Waals surface area contributed by atoms with E-state index < -0.39 is 0 Å². The van der Waals surface area contributed by atoms with Crippen molar-refractivity contribution >= 4 is 17.9 Å². The Labute approximate surface area is 165 Å². The van der Waals surface area contributed by atoms with Crippen molar-refractivity contribution in [3.05, 3.63) is 108 Å². The Bertz CT molecular complexity index is 937. The van der Waals surface area contributed by atoms with Gasteiger partial charge in [0.25, 0.3) is 0 Å². The number of allylic oxidation sites excluding steroid dienone is 2. The van der Waals surface area contributed by atoms with Gasteiger partial charge in [-0.05, 0) is 53.1 Å².